The number of rotatable bonds is 4. The van der Waals surface area contributed by atoms with Gasteiger partial charge in [-0.05, 0) is 27.7 Å². The minimum atomic E-state index is -5.56. The van der Waals surface area contributed by atoms with E-state index in [4.69, 9.17) is 9.31 Å². The summed E-state index contributed by atoms with van der Waals surface area (Å²) in [5.74, 6) is -4.75. The van der Waals surface area contributed by atoms with Gasteiger partial charge in [0.15, 0.2) is 0 Å². The lowest BCUT2D eigenvalue weighted by Crippen LogP contribution is -2.41. The molecule has 0 radical (unpaired) electrons. The van der Waals surface area contributed by atoms with Gasteiger partial charge in [0.25, 0.3) is 0 Å². The quantitative estimate of drug-likeness (QED) is 0.625. The van der Waals surface area contributed by atoms with Crippen LogP contribution in [0.25, 0.3) is 0 Å². The maximum atomic E-state index is 12.9. The Labute approximate surface area is 131 Å². The van der Waals surface area contributed by atoms with Crippen LogP contribution in [0.15, 0.2) is 12.4 Å². The van der Waals surface area contributed by atoms with Crippen molar-refractivity contribution in [2.45, 2.75) is 64.0 Å². The van der Waals surface area contributed by atoms with Crippen LogP contribution in [-0.4, -0.2) is 40.2 Å². The second kappa shape index (κ2) is 5.44. The Morgan fingerprint density at radius 3 is 2.09 bits per heavy atom. The zero-order chi connectivity index (χ0) is 17.7. The predicted molar refractivity (Wildman–Crippen MR) is 73.6 cm³/mol. The topological polar surface area (TPSA) is 36.3 Å². The molecule has 0 spiro atoms. The van der Waals surface area contributed by atoms with Crippen LogP contribution in [0.1, 0.15) is 34.1 Å². The molecule has 10 heteroatoms. The number of hydrogen-bond donors (Lipinski definition) is 0. The summed E-state index contributed by atoms with van der Waals surface area (Å²) in [6.45, 7) is 6.83. The molecule has 130 valence electrons. The number of aryl methyl sites for hydroxylation is 1. The molecule has 23 heavy (non-hydrogen) atoms. The van der Waals surface area contributed by atoms with Crippen molar-refractivity contribution in [1.29, 1.82) is 0 Å². The van der Waals surface area contributed by atoms with Gasteiger partial charge >= 0.3 is 19.2 Å². The molecule has 1 fully saturated rings. The fourth-order valence-electron chi connectivity index (χ4n) is 2.00. The maximum absolute atomic E-state index is 12.9. The third-order valence-corrected chi connectivity index (χ3v) is 4.25. The van der Waals surface area contributed by atoms with Gasteiger partial charge in [0.05, 0.1) is 11.2 Å². The Balaban J connectivity index is 2.03. The van der Waals surface area contributed by atoms with Gasteiger partial charge in [-0.15, -0.1) is 0 Å². The number of hydrogen-bond acceptors (Lipinski definition) is 3. The molecule has 0 saturated carbocycles. The Bertz CT molecular complexity index is 555. The van der Waals surface area contributed by atoms with Gasteiger partial charge in [0.1, 0.15) is 0 Å². The summed E-state index contributed by atoms with van der Waals surface area (Å²) < 4.78 is 74.8. The van der Waals surface area contributed by atoms with Gasteiger partial charge in [-0.25, -0.2) is 0 Å². The van der Waals surface area contributed by atoms with Crippen molar-refractivity contribution in [3.05, 3.63) is 12.4 Å². The van der Waals surface area contributed by atoms with Crippen LogP contribution in [0.3, 0.4) is 0 Å². The van der Waals surface area contributed by atoms with Gasteiger partial charge in [0.2, 0.25) is 0 Å². The minimum Gasteiger partial charge on any atom is -0.399 e. The van der Waals surface area contributed by atoms with E-state index in [1.54, 1.807) is 0 Å². The van der Waals surface area contributed by atoms with Crippen molar-refractivity contribution in [2.24, 2.45) is 0 Å². The Morgan fingerprint density at radius 2 is 1.61 bits per heavy atom. The summed E-state index contributed by atoms with van der Waals surface area (Å²) in [5, 5.41) is 3.80. The van der Waals surface area contributed by atoms with Gasteiger partial charge in [0, 0.05) is 30.8 Å². The van der Waals surface area contributed by atoms with Crippen molar-refractivity contribution in [1.82, 2.24) is 9.78 Å². The molecule has 1 saturated heterocycles. The lowest BCUT2D eigenvalue weighted by molar-refractivity contribution is -0.285. The molecule has 1 aromatic heterocycles. The van der Waals surface area contributed by atoms with Crippen molar-refractivity contribution >= 4 is 12.6 Å². The molecule has 0 aliphatic carbocycles. The fourth-order valence-corrected chi connectivity index (χ4v) is 2.00. The van der Waals surface area contributed by atoms with E-state index in [2.05, 4.69) is 5.10 Å². The van der Waals surface area contributed by atoms with E-state index in [0.717, 1.165) is 4.68 Å². The van der Waals surface area contributed by atoms with Crippen LogP contribution in [0.5, 0.6) is 0 Å². The zero-order valence-corrected chi connectivity index (χ0v) is 13.2. The molecule has 1 aliphatic rings. The molecular formula is C13H18BF5N2O2. The molecule has 0 aromatic carbocycles. The average Bonchev–Trinajstić information content (AvgIpc) is 2.89. The van der Waals surface area contributed by atoms with E-state index in [9.17, 15) is 22.0 Å². The SMILES string of the molecule is CC1(C)OB(c2cnn(CCC(F)(F)C(F)(F)F)c2)OC1(C)C. The normalized spacial score (nSPS) is 21.0. The summed E-state index contributed by atoms with van der Waals surface area (Å²) >= 11 is 0. The van der Waals surface area contributed by atoms with E-state index < -0.39 is 43.4 Å². The summed E-state index contributed by atoms with van der Waals surface area (Å²) in [4.78, 5) is 0. The molecule has 0 amide bonds. The lowest BCUT2D eigenvalue weighted by atomic mass is 9.82. The van der Waals surface area contributed by atoms with Crippen LogP contribution < -0.4 is 5.46 Å². The third-order valence-electron chi connectivity index (χ3n) is 4.25. The molecule has 0 atom stereocenters. The van der Waals surface area contributed by atoms with Crippen molar-refractivity contribution < 1.29 is 31.3 Å². The van der Waals surface area contributed by atoms with Crippen LogP contribution >= 0.6 is 0 Å². The molecular weight excluding hydrogens is 322 g/mol. The molecule has 0 bridgehead atoms. The van der Waals surface area contributed by atoms with Crippen LogP contribution in [0, 0.1) is 0 Å². The first-order valence-electron chi connectivity index (χ1n) is 7.08. The first-order chi connectivity index (χ1) is 10.3. The predicted octanol–water partition coefficient (Wildman–Crippen LogP) is 2.77. The van der Waals surface area contributed by atoms with Crippen molar-refractivity contribution in [2.75, 3.05) is 0 Å². The van der Waals surface area contributed by atoms with E-state index in [1.807, 2.05) is 27.7 Å². The number of aromatic nitrogens is 2. The Hall–Kier alpha value is -1.16. The Morgan fingerprint density at radius 1 is 1.09 bits per heavy atom. The van der Waals surface area contributed by atoms with E-state index in [0.29, 0.717) is 5.46 Å². The van der Waals surface area contributed by atoms with Gasteiger partial charge < -0.3 is 9.31 Å². The third kappa shape index (κ3) is 3.52. The Kier molecular flexibility index (Phi) is 4.30. The van der Waals surface area contributed by atoms with Gasteiger partial charge in [-0.1, -0.05) is 0 Å². The smallest absolute Gasteiger partial charge is 0.399 e. The highest BCUT2D eigenvalue weighted by Crippen LogP contribution is 2.38. The summed E-state index contributed by atoms with van der Waals surface area (Å²) in [5.41, 5.74) is -0.689. The summed E-state index contributed by atoms with van der Waals surface area (Å²) in [6, 6.07) is 0. The van der Waals surface area contributed by atoms with E-state index >= 15 is 0 Å². The highest BCUT2D eigenvalue weighted by molar-refractivity contribution is 6.61. The fraction of sp³-hybridized carbons (Fsp3) is 0.769. The van der Waals surface area contributed by atoms with Crippen LogP contribution in [-0.2, 0) is 15.9 Å². The highest BCUT2D eigenvalue weighted by Gasteiger charge is 2.57. The highest BCUT2D eigenvalue weighted by atomic mass is 19.4. The first kappa shape index (κ1) is 18.2. The second-order valence-corrected chi connectivity index (χ2v) is 6.58. The maximum Gasteiger partial charge on any atom is 0.498 e. The van der Waals surface area contributed by atoms with Gasteiger partial charge in [-0.3, -0.25) is 4.68 Å². The molecule has 4 nitrogen and oxygen atoms in total. The van der Waals surface area contributed by atoms with E-state index in [1.165, 1.54) is 12.4 Å². The monoisotopic (exact) mass is 340 g/mol. The standard InChI is InChI=1S/C13H18BF5N2O2/c1-10(2)11(3,4)23-14(22-10)9-7-20-21(8-9)6-5-12(15,16)13(17,18)19/h7-8H,5-6H2,1-4H3. The largest absolute Gasteiger partial charge is 0.498 e. The van der Waals surface area contributed by atoms with E-state index in [-0.39, 0.29) is 0 Å². The molecule has 2 heterocycles. The number of halogens is 5. The summed E-state index contributed by atoms with van der Waals surface area (Å²) in [6.07, 6.45) is -4.24. The van der Waals surface area contributed by atoms with Crippen LogP contribution in [0.2, 0.25) is 0 Å². The first-order valence-corrected chi connectivity index (χ1v) is 7.08. The van der Waals surface area contributed by atoms with Crippen LogP contribution in [0.4, 0.5) is 22.0 Å². The number of alkyl halides is 5. The van der Waals surface area contributed by atoms with Gasteiger partial charge in [-0.2, -0.15) is 27.1 Å². The lowest BCUT2D eigenvalue weighted by Gasteiger charge is -2.32. The zero-order valence-electron chi connectivity index (χ0n) is 13.2. The molecule has 1 aromatic rings. The van der Waals surface area contributed by atoms with Crippen molar-refractivity contribution in [3.63, 3.8) is 0 Å². The second-order valence-electron chi connectivity index (χ2n) is 6.58. The molecule has 1 aliphatic heterocycles. The van der Waals surface area contributed by atoms with Crippen molar-refractivity contribution in [3.8, 4) is 0 Å². The average molecular weight is 340 g/mol. The molecule has 0 N–H and O–H groups in total. The summed E-state index contributed by atoms with van der Waals surface area (Å²) in [7, 11) is -0.739. The minimum absolute atomic E-state index is 0.471. The molecule has 2 rings (SSSR count). The molecule has 0 unspecified atom stereocenters. The number of nitrogens with zero attached hydrogens (tertiary/aromatic N) is 2.